The molecule has 1 aromatic heterocycles. The summed E-state index contributed by atoms with van der Waals surface area (Å²) in [6.45, 7) is 2.80. The second-order valence-electron chi connectivity index (χ2n) is 4.58. The van der Waals surface area contributed by atoms with Crippen LogP contribution in [0.5, 0.6) is 0 Å². The highest BCUT2D eigenvalue weighted by molar-refractivity contribution is 5.93. The Bertz CT molecular complexity index is 456. The average Bonchev–Trinajstić information content (AvgIpc) is 2.39. The van der Waals surface area contributed by atoms with Crippen LogP contribution in [0.15, 0.2) is 18.3 Å². The first-order valence-corrected chi connectivity index (χ1v) is 6.02. The fourth-order valence-corrected chi connectivity index (χ4v) is 2.17. The zero-order valence-corrected chi connectivity index (χ0v) is 10.3. The first-order chi connectivity index (χ1) is 8.58. The summed E-state index contributed by atoms with van der Waals surface area (Å²) in [5.41, 5.74) is 0.575. The van der Waals surface area contributed by atoms with E-state index < -0.39 is 5.97 Å². The van der Waals surface area contributed by atoms with Crippen LogP contribution in [0.4, 0.5) is 5.82 Å². The van der Waals surface area contributed by atoms with Crippen molar-refractivity contribution in [2.24, 2.45) is 5.92 Å². The zero-order chi connectivity index (χ0) is 13.1. The van der Waals surface area contributed by atoms with Gasteiger partial charge in [-0.2, -0.15) is 0 Å². The monoisotopic (exact) mass is 248 g/mol. The molecular formula is C13H16N2O3. The Morgan fingerprint density at radius 1 is 1.44 bits per heavy atom. The van der Waals surface area contributed by atoms with Crippen LogP contribution in [0.2, 0.25) is 0 Å². The minimum atomic E-state index is -0.750. The minimum absolute atomic E-state index is 0.0175. The molecule has 2 heterocycles. The lowest BCUT2D eigenvalue weighted by Crippen LogP contribution is -2.39. The van der Waals surface area contributed by atoms with Crippen LogP contribution in [0.1, 0.15) is 30.1 Å². The number of anilines is 1. The smallest absolute Gasteiger partial charge is 0.308 e. The minimum Gasteiger partial charge on any atom is -0.481 e. The number of aliphatic carboxylic acids is 1. The van der Waals surface area contributed by atoms with Gasteiger partial charge in [-0.05, 0) is 31.9 Å². The summed E-state index contributed by atoms with van der Waals surface area (Å²) in [4.78, 5) is 28.3. The first-order valence-electron chi connectivity index (χ1n) is 6.02. The summed E-state index contributed by atoms with van der Waals surface area (Å²) >= 11 is 0. The van der Waals surface area contributed by atoms with E-state index in [4.69, 9.17) is 5.11 Å². The van der Waals surface area contributed by atoms with Gasteiger partial charge in [0.2, 0.25) is 0 Å². The predicted octanol–water partition coefficient (Wildman–Crippen LogP) is 1.59. The molecule has 1 N–H and O–H groups in total. The molecule has 1 atom stereocenters. The molecule has 0 amide bonds. The van der Waals surface area contributed by atoms with Crippen LogP contribution >= 0.6 is 0 Å². The zero-order valence-electron chi connectivity index (χ0n) is 10.3. The topological polar surface area (TPSA) is 70.5 Å². The van der Waals surface area contributed by atoms with Crippen LogP contribution in [0, 0.1) is 5.92 Å². The standard InChI is InChI=1S/C13H16N2O3/c1-9(16)10-4-5-12(14-7-10)15-6-2-3-11(8-15)13(17)18/h4-5,7,11H,2-3,6,8H2,1H3,(H,17,18). The maximum atomic E-state index is 11.1. The van der Waals surface area contributed by atoms with Crippen molar-refractivity contribution in [1.29, 1.82) is 0 Å². The molecule has 1 aliphatic heterocycles. The molecule has 1 unspecified atom stereocenters. The average molecular weight is 248 g/mol. The fraction of sp³-hybridized carbons (Fsp3) is 0.462. The Morgan fingerprint density at radius 2 is 2.22 bits per heavy atom. The number of carbonyl (C=O) groups excluding carboxylic acids is 1. The van der Waals surface area contributed by atoms with E-state index in [9.17, 15) is 9.59 Å². The van der Waals surface area contributed by atoms with E-state index in [0.717, 1.165) is 25.2 Å². The Hall–Kier alpha value is -1.91. The van der Waals surface area contributed by atoms with E-state index in [0.29, 0.717) is 12.1 Å². The Labute approximate surface area is 105 Å². The van der Waals surface area contributed by atoms with E-state index in [1.165, 1.54) is 6.92 Å². The van der Waals surface area contributed by atoms with Crippen molar-refractivity contribution >= 4 is 17.6 Å². The first kappa shape index (κ1) is 12.5. The highest BCUT2D eigenvalue weighted by Gasteiger charge is 2.25. The van der Waals surface area contributed by atoms with Gasteiger partial charge < -0.3 is 10.0 Å². The van der Waals surface area contributed by atoms with E-state index in [2.05, 4.69) is 4.98 Å². The number of ketones is 1. The van der Waals surface area contributed by atoms with Gasteiger partial charge in [0.1, 0.15) is 5.82 Å². The molecule has 1 aromatic rings. The van der Waals surface area contributed by atoms with Gasteiger partial charge in [0.05, 0.1) is 5.92 Å². The molecule has 0 aromatic carbocycles. The summed E-state index contributed by atoms with van der Waals surface area (Å²) in [7, 11) is 0. The second-order valence-corrected chi connectivity index (χ2v) is 4.58. The van der Waals surface area contributed by atoms with Gasteiger partial charge in [-0.3, -0.25) is 9.59 Å². The molecule has 0 saturated carbocycles. The summed E-state index contributed by atoms with van der Waals surface area (Å²) in [6.07, 6.45) is 3.12. The highest BCUT2D eigenvalue weighted by atomic mass is 16.4. The quantitative estimate of drug-likeness (QED) is 0.822. The number of rotatable bonds is 3. The summed E-state index contributed by atoms with van der Waals surface area (Å²) in [5.74, 6) is -0.352. The third-order valence-corrected chi connectivity index (χ3v) is 3.25. The largest absolute Gasteiger partial charge is 0.481 e. The van der Waals surface area contributed by atoms with Gasteiger partial charge in [0.15, 0.2) is 5.78 Å². The fourth-order valence-electron chi connectivity index (χ4n) is 2.17. The van der Waals surface area contributed by atoms with Crippen LogP contribution < -0.4 is 4.90 Å². The van der Waals surface area contributed by atoms with Crippen molar-refractivity contribution in [2.45, 2.75) is 19.8 Å². The van der Waals surface area contributed by atoms with Crippen molar-refractivity contribution in [1.82, 2.24) is 4.98 Å². The third kappa shape index (κ3) is 2.67. The van der Waals surface area contributed by atoms with Crippen molar-refractivity contribution in [2.75, 3.05) is 18.0 Å². The maximum Gasteiger partial charge on any atom is 0.308 e. The number of hydrogen-bond acceptors (Lipinski definition) is 4. The van der Waals surface area contributed by atoms with Gasteiger partial charge in [0, 0.05) is 24.8 Å². The number of carbonyl (C=O) groups is 2. The lowest BCUT2D eigenvalue weighted by molar-refractivity contribution is -0.141. The van der Waals surface area contributed by atoms with Crippen LogP contribution in [0.25, 0.3) is 0 Å². The number of carboxylic acids is 1. The Kier molecular flexibility index (Phi) is 3.60. The van der Waals surface area contributed by atoms with Crippen LogP contribution in [-0.4, -0.2) is 34.9 Å². The molecule has 0 bridgehead atoms. The summed E-state index contributed by atoms with van der Waals surface area (Å²) in [6, 6.07) is 3.51. The molecule has 0 radical (unpaired) electrons. The highest BCUT2D eigenvalue weighted by Crippen LogP contribution is 2.21. The Morgan fingerprint density at radius 3 is 2.78 bits per heavy atom. The number of pyridine rings is 1. The number of Topliss-reactive ketones (excluding diaryl/α,β-unsaturated/α-hetero) is 1. The molecule has 5 nitrogen and oxygen atoms in total. The normalized spacial score (nSPS) is 19.6. The summed E-state index contributed by atoms with van der Waals surface area (Å²) < 4.78 is 0. The van der Waals surface area contributed by atoms with Crippen molar-refractivity contribution in [3.63, 3.8) is 0 Å². The molecule has 5 heteroatoms. The maximum absolute atomic E-state index is 11.1. The van der Waals surface area contributed by atoms with Gasteiger partial charge >= 0.3 is 5.97 Å². The third-order valence-electron chi connectivity index (χ3n) is 3.25. The SMILES string of the molecule is CC(=O)c1ccc(N2CCCC(C(=O)O)C2)nc1. The van der Waals surface area contributed by atoms with Gasteiger partial charge in [-0.15, -0.1) is 0 Å². The molecule has 0 spiro atoms. The van der Waals surface area contributed by atoms with Gasteiger partial charge in [-0.1, -0.05) is 0 Å². The number of hydrogen-bond donors (Lipinski definition) is 1. The predicted molar refractivity (Wildman–Crippen MR) is 66.8 cm³/mol. The molecule has 18 heavy (non-hydrogen) atoms. The lowest BCUT2D eigenvalue weighted by atomic mass is 9.98. The van der Waals surface area contributed by atoms with E-state index >= 15 is 0 Å². The number of aromatic nitrogens is 1. The Balaban J connectivity index is 2.11. The molecule has 1 fully saturated rings. The molecule has 96 valence electrons. The molecule has 1 aliphatic rings. The summed E-state index contributed by atoms with van der Waals surface area (Å²) in [5, 5.41) is 9.03. The van der Waals surface area contributed by atoms with E-state index in [1.54, 1.807) is 18.3 Å². The molecular weight excluding hydrogens is 232 g/mol. The van der Waals surface area contributed by atoms with Crippen molar-refractivity contribution < 1.29 is 14.7 Å². The van der Waals surface area contributed by atoms with E-state index in [-0.39, 0.29) is 11.7 Å². The van der Waals surface area contributed by atoms with Crippen molar-refractivity contribution in [3.05, 3.63) is 23.9 Å². The van der Waals surface area contributed by atoms with Crippen molar-refractivity contribution in [3.8, 4) is 0 Å². The number of piperidine rings is 1. The van der Waals surface area contributed by atoms with Gasteiger partial charge in [0.25, 0.3) is 0 Å². The second kappa shape index (κ2) is 5.16. The molecule has 1 saturated heterocycles. The number of carboxylic acid groups (broad SMARTS) is 1. The lowest BCUT2D eigenvalue weighted by Gasteiger charge is -2.31. The number of nitrogens with zero attached hydrogens (tertiary/aromatic N) is 2. The molecule has 2 rings (SSSR count). The van der Waals surface area contributed by atoms with Gasteiger partial charge in [-0.25, -0.2) is 4.98 Å². The molecule has 0 aliphatic carbocycles. The van der Waals surface area contributed by atoms with E-state index in [1.807, 2.05) is 4.90 Å². The van der Waals surface area contributed by atoms with Crippen LogP contribution in [0.3, 0.4) is 0 Å². The van der Waals surface area contributed by atoms with Crippen LogP contribution in [-0.2, 0) is 4.79 Å².